The van der Waals surface area contributed by atoms with E-state index < -0.39 is 16.7 Å². The summed E-state index contributed by atoms with van der Waals surface area (Å²) < 4.78 is 47.3. The molecule has 0 saturated heterocycles. The number of sulfonamides is 1. The Morgan fingerprint density at radius 3 is 2.69 bits per heavy atom. The Labute approximate surface area is 174 Å². The molecule has 0 aromatic heterocycles. The van der Waals surface area contributed by atoms with Crippen molar-refractivity contribution in [3.05, 3.63) is 65.2 Å². The summed E-state index contributed by atoms with van der Waals surface area (Å²) in [6.45, 7) is 1.46. The van der Waals surface area contributed by atoms with Gasteiger partial charge in [0.25, 0.3) is 10.0 Å². The van der Waals surface area contributed by atoms with Gasteiger partial charge in [0.15, 0.2) is 0 Å². The normalized spacial score (nSPS) is 14.8. The highest BCUT2D eigenvalue weighted by Gasteiger charge is 2.20. The molecule has 152 valence electrons. The highest BCUT2D eigenvalue weighted by molar-refractivity contribution is 7.93. The Bertz CT molecular complexity index is 1150. The highest BCUT2D eigenvalue weighted by Crippen LogP contribution is 2.32. The number of hydrogen-bond donors (Lipinski definition) is 1. The summed E-state index contributed by atoms with van der Waals surface area (Å²) in [6, 6.07) is 15.3. The van der Waals surface area contributed by atoms with Crippen LogP contribution in [-0.2, 0) is 16.6 Å². The largest absolute Gasteiger partial charge is 0.492 e. The van der Waals surface area contributed by atoms with Gasteiger partial charge in [0.2, 0.25) is 0 Å². The van der Waals surface area contributed by atoms with Crippen molar-refractivity contribution in [2.75, 3.05) is 31.1 Å². The van der Waals surface area contributed by atoms with Gasteiger partial charge in [-0.2, -0.15) is 0 Å². The number of halogens is 2. The Morgan fingerprint density at radius 1 is 1.10 bits per heavy atom. The standard InChI is InChI=1S/C21H20ClFN2O3S/c22-19-6-8-21(18-4-2-1-3-17(18)19)29(26,27)24-16-5-7-20-15(13-16)14-25(10-9-23)11-12-28-20/h1-8,13,24H,9-12,14H2. The predicted molar refractivity (Wildman–Crippen MR) is 113 cm³/mol. The number of alkyl halides is 1. The van der Waals surface area contributed by atoms with E-state index in [0.717, 1.165) is 5.56 Å². The van der Waals surface area contributed by atoms with Crippen LogP contribution in [0, 0.1) is 0 Å². The monoisotopic (exact) mass is 434 g/mol. The quantitative estimate of drug-likeness (QED) is 0.644. The molecular weight excluding hydrogens is 415 g/mol. The van der Waals surface area contributed by atoms with Crippen LogP contribution in [0.25, 0.3) is 10.8 Å². The lowest BCUT2D eigenvalue weighted by Gasteiger charge is -2.17. The van der Waals surface area contributed by atoms with Gasteiger partial charge < -0.3 is 4.74 Å². The van der Waals surface area contributed by atoms with Crippen molar-refractivity contribution in [3.63, 3.8) is 0 Å². The zero-order chi connectivity index (χ0) is 20.4. The van der Waals surface area contributed by atoms with E-state index in [-0.39, 0.29) is 4.90 Å². The zero-order valence-corrected chi connectivity index (χ0v) is 17.1. The van der Waals surface area contributed by atoms with Crippen LogP contribution in [0.1, 0.15) is 5.56 Å². The maximum atomic E-state index is 13.1. The Kier molecular flexibility index (Phi) is 5.63. The third-order valence-electron chi connectivity index (χ3n) is 4.89. The van der Waals surface area contributed by atoms with Gasteiger partial charge in [0, 0.05) is 46.7 Å². The zero-order valence-electron chi connectivity index (χ0n) is 15.6. The van der Waals surface area contributed by atoms with E-state index in [1.807, 2.05) is 11.0 Å². The first-order chi connectivity index (χ1) is 14.0. The fourth-order valence-corrected chi connectivity index (χ4v) is 4.99. The van der Waals surface area contributed by atoms with E-state index in [0.29, 0.717) is 53.5 Å². The fourth-order valence-electron chi connectivity index (χ4n) is 3.50. The molecule has 0 amide bonds. The van der Waals surface area contributed by atoms with Crippen molar-refractivity contribution in [2.45, 2.75) is 11.4 Å². The molecule has 29 heavy (non-hydrogen) atoms. The first-order valence-corrected chi connectivity index (χ1v) is 11.1. The van der Waals surface area contributed by atoms with Crippen LogP contribution in [0.15, 0.2) is 59.5 Å². The number of rotatable bonds is 5. The molecule has 0 atom stereocenters. The summed E-state index contributed by atoms with van der Waals surface area (Å²) in [6.07, 6.45) is 0. The van der Waals surface area contributed by atoms with Crippen molar-refractivity contribution >= 4 is 38.1 Å². The van der Waals surface area contributed by atoms with Crippen LogP contribution in [-0.4, -0.2) is 39.7 Å². The number of hydrogen-bond acceptors (Lipinski definition) is 4. The van der Waals surface area contributed by atoms with Gasteiger partial charge in [0.1, 0.15) is 19.0 Å². The van der Waals surface area contributed by atoms with Crippen molar-refractivity contribution in [3.8, 4) is 5.75 Å². The SMILES string of the molecule is O=S(=O)(Nc1ccc2c(c1)CN(CCF)CCO2)c1ccc(Cl)c2ccccc12. The van der Waals surface area contributed by atoms with Gasteiger partial charge in [-0.1, -0.05) is 35.9 Å². The average molecular weight is 435 g/mol. The lowest BCUT2D eigenvalue weighted by molar-refractivity contribution is 0.211. The predicted octanol–water partition coefficient (Wildman–Crippen LogP) is 4.46. The summed E-state index contributed by atoms with van der Waals surface area (Å²) in [5.41, 5.74) is 1.24. The summed E-state index contributed by atoms with van der Waals surface area (Å²) in [7, 11) is -3.84. The summed E-state index contributed by atoms with van der Waals surface area (Å²) >= 11 is 6.21. The van der Waals surface area contributed by atoms with E-state index in [1.54, 1.807) is 42.5 Å². The Morgan fingerprint density at radius 2 is 1.90 bits per heavy atom. The van der Waals surface area contributed by atoms with Crippen molar-refractivity contribution in [1.82, 2.24) is 4.90 Å². The van der Waals surface area contributed by atoms with Crippen LogP contribution in [0.4, 0.5) is 10.1 Å². The Balaban J connectivity index is 1.67. The van der Waals surface area contributed by atoms with Gasteiger partial charge in [-0.15, -0.1) is 0 Å². The van der Waals surface area contributed by atoms with Gasteiger partial charge in [-0.3, -0.25) is 9.62 Å². The van der Waals surface area contributed by atoms with E-state index in [4.69, 9.17) is 16.3 Å². The van der Waals surface area contributed by atoms with Gasteiger partial charge in [-0.25, -0.2) is 12.8 Å². The number of benzene rings is 3. The minimum atomic E-state index is -3.84. The summed E-state index contributed by atoms with van der Waals surface area (Å²) in [5, 5.41) is 1.73. The maximum absolute atomic E-state index is 13.1. The molecule has 4 rings (SSSR count). The third kappa shape index (κ3) is 4.17. The number of fused-ring (bicyclic) bond motifs is 2. The van der Waals surface area contributed by atoms with Crippen molar-refractivity contribution in [1.29, 1.82) is 0 Å². The van der Waals surface area contributed by atoms with Crippen LogP contribution < -0.4 is 9.46 Å². The van der Waals surface area contributed by atoms with Crippen molar-refractivity contribution < 1.29 is 17.5 Å². The average Bonchev–Trinajstić information content (AvgIpc) is 2.89. The molecule has 1 aliphatic rings. The lowest BCUT2D eigenvalue weighted by Crippen LogP contribution is -2.27. The lowest BCUT2D eigenvalue weighted by atomic mass is 10.1. The molecule has 5 nitrogen and oxygen atoms in total. The molecule has 1 N–H and O–H groups in total. The summed E-state index contributed by atoms with van der Waals surface area (Å²) in [5.74, 6) is 0.686. The molecule has 0 spiro atoms. The second kappa shape index (κ2) is 8.18. The van der Waals surface area contributed by atoms with E-state index in [1.165, 1.54) is 6.07 Å². The highest BCUT2D eigenvalue weighted by atomic mass is 35.5. The van der Waals surface area contributed by atoms with Crippen molar-refractivity contribution in [2.24, 2.45) is 0 Å². The Hall–Kier alpha value is -2.35. The van der Waals surface area contributed by atoms with Crippen LogP contribution >= 0.6 is 11.6 Å². The maximum Gasteiger partial charge on any atom is 0.262 e. The molecule has 0 unspecified atom stereocenters. The number of nitrogens with one attached hydrogen (secondary N) is 1. The molecule has 0 aliphatic carbocycles. The van der Waals surface area contributed by atoms with Crippen LogP contribution in [0.3, 0.4) is 0 Å². The summed E-state index contributed by atoms with van der Waals surface area (Å²) in [4.78, 5) is 2.10. The molecule has 0 fully saturated rings. The van der Waals surface area contributed by atoms with Crippen LogP contribution in [0.5, 0.6) is 5.75 Å². The minimum absolute atomic E-state index is 0.155. The third-order valence-corrected chi connectivity index (χ3v) is 6.66. The van der Waals surface area contributed by atoms with Gasteiger partial charge in [-0.05, 0) is 30.3 Å². The second-order valence-electron chi connectivity index (χ2n) is 6.83. The van der Waals surface area contributed by atoms with E-state index >= 15 is 0 Å². The van der Waals surface area contributed by atoms with Crippen LogP contribution in [0.2, 0.25) is 5.02 Å². The smallest absolute Gasteiger partial charge is 0.262 e. The molecule has 1 aliphatic heterocycles. The van der Waals surface area contributed by atoms with E-state index in [9.17, 15) is 12.8 Å². The molecule has 0 saturated carbocycles. The molecule has 0 radical (unpaired) electrons. The molecule has 8 heteroatoms. The van der Waals surface area contributed by atoms with Gasteiger partial charge in [0.05, 0.1) is 4.90 Å². The number of ether oxygens (including phenoxy) is 1. The number of anilines is 1. The van der Waals surface area contributed by atoms with E-state index in [2.05, 4.69) is 4.72 Å². The first kappa shape index (κ1) is 19.9. The number of nitrogens with zero attached hydrogens (tertiary/aromatic N) is 1. The second-order valence-corrected chi connectivity index (χ2v) is 8.89. The topological polar surface area (TPSA) is 58.6 Å². The molecule has 1 heterocycles. The van der Waals surface area contributed by atoms with Gasteiger partial charge >= 0.3 is 0 Å². The fraction of sp³-hybridized carbons (Fsp3) is 0.238. The molecule has 3 aromatic rings. The molecule has 3 aromatic carbocycles. The molecule has 0 bridgehead atoms. The minimum Gasteiger partial charge on any atom is -0.492 e. The molecular formula is C21H20ClFN2O3S. The first-order valence-electron chi connectivity index (χ1n) is 9.22.